The molecule has 1 fully saturated rings. The van der Waals surface area contributed by atoms with Crippen molar-refractivity contribution in [3.05, 3.63) is 71.4 Å². The van der Waals surface area contributed by atoms with Crippen molar-refractivity contribution >= 4 is 10.9 Å². The molecule has 1 aromatic heterocycles. The van der Waals surface area contributed by atoms with Gasteiger partial charge in [0, 0.05) is 37.4 Å². The van der Waals surface area contributed by atoms with Crippen molar-refractivity contribution in [1.29, 1.82) is 0 Å². The molecule has 0 bridgehead atoms. The van der Waals surface area contributed by atoms with Crippen molar-refractivity contribution in [3.8, 4) is 0 Å². The highest BCUT2D eigenvalue weighted by atomic mass is 16.5. The minimum Gasteiger partial charge on any atom is -0.379 e. The smallest absolute Gasteiger partial charge is 0.0594 e. The third-order valence-electron chi connectivity index (χ3n) is 4.86. The second-order valence-electron chi connectivity index (χ2n) is 6.64. The third-order valence-corrected chi connectivity index (χ3v) is 4.86. The van der Waals surface area contributed by atoms with Crippen molar-refractivity contribution in [2.24, 2.45) is 0 Å². The largest absolute Gasteiger partial charge is 0.379 e. The second-order valence-corrected chi connectivity index (χ2v) is 6.64. The third kappa shape index (κ3) is 3.23. The first kappa shape index (κ1) is 15.4. The number of ether oxygens (including phenoxy) is 1. The molecule has 124 valence electrons. The molecule has 3 nitrogen and oxygen atoms in total. The number of aromatic nitrogens is 1. The minimum atomic E-state index is 0.855. The molecular weight excluding hydrogens is 296 g/mol. The predicted molar refractivity (Wildman–Crippen MR) is 98.3 cm³/mol. The van der Waals surface area contributed by atoms with Crippen LogP contribution in [0.3, 0.4) is 0 Å². The van der Waals surface area contributed by atoms with Gasteiger partial charge in [0.25, 0.3) is 0 Å². The molecule has 3 heteroatoms. The van der Waals surface area contributed by atoms with Gasteiger partial charge in [0.1, 0.15) is 0 Å². The van der Waals surface area contributed by atoms with E-state index in [2.05, 4.69) is 71.0 Å². The fraction of sp³-hybridized carbons (Fsp3) is 0.333. The van der Waals surface area contributed by atoms with Gasteiger partial charge in [0.05, 0.1) is 13.2 Å². The molecule has 1 saturated heterocycles. The van der Waals surface area contributed by atoms with E-state index in [1.54, 1.807) is 0 Å². The summed E-state index contributed by atoms with van der Waals surface area (Å²) in [5.74, 6) is 0. The number of para-hydroxylation sites is 1. The van der Waals surface area contributed by atoms with E-state index in [1.165, 1.54) is 27.7 Å². The number of aryl methyl sites for hydroxylation is 1. The number of morpholine rings is 1. The molecule has 0 N–H and O–H groups in total. The maximum atomic E-state index is 5.44. The first-order chi connectivity index (χ1) is 11.8. The second kappa shape index (κ2) is 6.80. The monoisotopic (exact) mass is 320 g/mol. The van der Waals surface area contributed by atoms with Gasteiger partial charge in [-0.05, 0) is 35.6 Å². The van der Waals surface area contributed by atoms with E-state index in [9.17, 15) is 0 Å². The normalized spacial score (nSPS) is 15.9. The Hall–Kier alpha value is -2.10. The summed E-state index contributed by atoms with van der Waals surface area (Å²) in [5, 5.41) is 1.32. The molecule has 0 unspecified atom stereocenters. The van der Waals surface area contributed by atoms with Crippen LogP contribution in [0, 0.1) is 6.92 Å². The molecule has 0 atom stereocenters. The number of rotatable bonds is 4. The van der Waals surface area contributed by atoms with Crippen LogP contribution in [-0.4, -0.2) is 35.8 Å². The lowest BCUT2D eigenvalue weighted by atomic mass is 10.1. The summed E-state index contributed by atoms with van der Waals surface area (Å²) in [5.41, 5.74) is 5.39. The Bertz CT molecular complexity index is 831. The number of hydrogen-bond acceptors (Lipinski definition) is 2. The lowest BCUT2D eigenvalue weighted by molar-refractivity contribution is 0.0342. The van der Waals surface area contributed by atoms with E-state index in [-0.39, 0.29) is 0 Å². The van der Waals surface area contributed by atoms with Crippen LogP contribution in [0.5, 0.6) is 0 Å². The minimum absolute atomic E-state index is 0.855. The molecule has 0 saturated carbocycles. The van der Waals surface area contributed by atoms with Crippen LogP contribution in [0.1, 0.15) is 16.8 Å². The topological polar surface area (TPSA) is 17.4 Å². The molecule has 2 heterocycles. The van der Waals surface area contributed by atoms with Crippen LogP contribution in [0.15, 0.2) is 54.6 Å². The van der Waals surface area contributed by atoms with Gasteiger partial charge in [-0.1, -0.05) is 42.5 Å². The highest BCUT2D eigenvalue weighted by Crippen LogP contribution is 2.21. The van der Waals surface area contributed by atoms with Crippen LogP contribution in [0.25, 0.3) is 10.9 Å². The van der Waals surface area contributed by atoms with E-state index >= 15 is 0 Å². The zero-order valence-corrected chi connectivity index (χ0v) is 14.2. The summed E-state index contributed by atoms with van der Waals surface area (Å²) in [6.07, 6.45) is 0. The summed E-state index contributed by atoms with van der Waals surface area (Å²) in [6.45, 7) is 7.91. The fourth-order valence-corrected chi connectivity index (χ4v) is 3.58. The van der Waals surface area contributed by atoms with E-state index in [4.69, 9.17) is 4.74 Å². The maximum absolute atomic E-state index is 5.44. The molecule has 24 heavy (non-hydrogen) atoms. The molecule has 1 aliphatic heterocycles. The average molecular weight is 320 g/mol. The quantitative estimate of drug-likeness (QED) is 0.727. The van der Waals surface area contributed by atoms with Crippen molar-refractivity contribution in [2.75, 3.05) is 26.3 Å². The van der Waals surface area contributed by atoms with Crippen molar-refractivity contribution in [2.45, 2.75) is 20.0 Å². The predicted octanol–water partition coefficient (Wildman–Crippen LogP) is 3.83. The molecule has 2 aromatic carbocycles. The summed E-state index contributed by atoms with van der Waals surface area (Å²) in [4.78, 5) is 2.47. The van der Waals surface area contributed by atoms with Gasteiger partial charge in [-0.3, -0.25) is 4.90 Å². The Balaban J connectivity index is 1.56. The first-order valence-electron chi connectivity index (χ1n) is 8.72. The van der Waals surface area contributed by atoms with Crippen LogP contribution < -0.4 is 0 Å². The van der Waals surface area contributed by atoms with Gasteiger partial charge in [-0.15, -0.1) is 0 Å². The van der Waals surface area contributed by atoms with Crippen molar-refractivity contribution in [1.82, 2.24) is 9.47 Å². The zero-order valence-electron chi connectivity index (χ0n) is 14.2. The number of nitrogens with zero attached hydrogens (tertiary/aromatic N) is 2. The molecule has 1 aliphatic rings. The van der Waals surface area contributed by atoms with E-state index in [1.807, 2.05) is 0 Å². The Morgan fingerprint density at radius 2 is 1.62 bits per heavy atom. The van der Waals surface area contributed by atoms with Crippen LogP contribution in [0.2, 0.25) is 0 Å². The van der Waals surface area contributed by atoms with E-state index in [0.29, 0.717) is 0 Å². The Labute approximate surface area is 143 Å². The van der Waals surface area contributed by atoms with Crippen molar-refractivity contribution in [3.63, 3.8) is 0 Å². The Morgan fingerprint density at radius 1 is 0.875 bits per heavy atom. The lowest BCUT2D eigenvalue weighted by Crippen LogP contribution is -2.35. The molecule has 4 rings (SSSR count). The zero-order chi connectivity index (χ0) is 16.4. The van der Waals surface area contributed by atoms with E-state index < -0.39 is 0 Å². The molecule has 0 radical (unpaired) electrons. The fourth-order valence-electron chi connectivity index (χ4n) is 3.58. The summed E-state index contributed by atoms with van der Waals surface area (Å²) in [6, 6.07) is 19.9. The van der Waals surface area contributed by atoms with Gasteiger partial charge in [0.2, 0.25) is 0 Å². The Kier molecular flexibility index (Phi) is 4.37. The van der Waals surface area contributed by atoms with Gasteiger partial charge in [-0.2, -0.15) is 0 Å². The molecule has 3 aromatic rings. The SMILES string of the molecule is Cc1cc2ccccc2n1Cc1cccc(CN2CCOCC2)c1. The van der Waals surface area contributed by atoms with Gasteiger partial charge in [-0.25, -0.2) is 0 Å². The standard InChI is InChI=1S/C21H24N2O/c1-17-13-20-7-2-3-8-21(20)23(17)16-19-6-4-5-18(14-19)15-22-9-11-24-12-10-22/h2-8,13-14H,9-12,15-16H2,1H3. The van der Waals surface area contributed by atoms with Crippen LogP contribution in [0.4, 0.5) is 0 Å². The maximum Gasteiger partial charge on any atom is 0.0594 e. The van der Waals surface area contributed by atoms with Gasteiger partial charge in [0.15, 0.2) is 0 Å². The highest BCUT2D eigenvalue weighted by molar-refractivity contribution is 5.81. The first-order valence-corrected chi connectivity index (χ1v) is 8.72. The number of hydrogen-bond donors (Lipinski definition) is 0. The lowest BCUT2D eigenvalue weighted by Gasteiger charge is -2.26. The summed E-state index contributed by atoms with van der Waals surface area (Å²) >= 11 is 0. The average Bonchev–Trinajstić information content (AvgIpc) is 2.92. The summed E-state index contributed by atoms with van der Waals surface area (Å²) in [7, 11) is 0. The molecule has 0 amide bonds. The number of benzene rings is 2. The molecule has 0 spiro atoms. The van der Waals surface area contributed by atoms with E-state index in [0.717, 1.165) is 39.4 Å². The summed E-state index contributed by atoms with van der Waals surface area (Å²) < 4.78 is 7.85. The molecule has 0 aliphatic carbocycles. The highest BCUT2D eigenvalue weighted by Gasteiger charge is 2.11. The number of fused-ring (bicyclic) bond motifs is 1. The van der Waals surface area contributed by atoms with Crippen LogP contribution in [-0.2, 0) is 17.8 Å². The van der Waals surface area contributed by atoms with Gasteiger partial charge < -0.3 is 9.30 Å². The van der Waals surface area contributed by atoms with Crippen LogP contribution >= 0.6 is 0 Å². The Morgan fingerprint density at radius 3 is 2.46 bits per heavy atom. The van der Waals surface area contributed by atoms with Gasteiger partial charge >= 0.3 is 0 Å². The molecular formula is C21H24N2O. The van der Waals surface area contributed by atoms with Crippen molar-refractivity contribution < 1.29 is 4.74 Å².